The van der Waals surface area contributed by atoms with E-state index in [0.717, 1.165) is 0 Å². The molecule has 0 saturated heterocycles. The Bertz CT molecular complexity index is 464. The van der Waals surface area contributed by atoms with Gasteiger partial charge in [0.1, 0.15) is 0 Å². The second kappa shape index (κ2) is 12.3. The van der Waals surface area contributed by atoms with E-state index in [9.17, 15) is 8.42 Å². The average molecular weight is 478 g/mol. The van der Waals surface area contributed by atoms with Gasteiger partial charge in [0, 0.05) is 40.3 Å². The summed E-state index contributed by atoms with van der Waals surface area (Å²) in [5, 5.41) is 6.43. The minimum absolute atomic E-state index is 0. The van der Waals surface area contributed by atoms with Gasteiger partial charge < -0.3 is 15.4 Å². The molecule has 0 aromatic heterocycles. The molecule has 2 N–H and O–H groups in total. The Hall–Kier alpha value is -0.130. The van der Waals surface area contributed by atoms with Crippen molar-refractivity contribution in [2.24, 2.45) is 10.4 Å². The summed E-state index contributed by atoms with van der Waals surface area (Å²) >= 11 is 0. The van der Waals surface area contributed by atoms with Crippen LogP contribution in [-0.4, -0.2) is 71.4 Å². The number of sulfonamides is 1. The smallest absolute Gasteiger partial charge is 0.211 e. The number of nitrogens with zero attached hydrogens (tertiary/aromatic N) is 2. The predicted molar refractivity (Wildman–Crippen MR) is 112 cm³/mol. The minimum atomic E-state index is -3.12. The van der Waals surface area contributed by atoms with E-state index in [1.165, 1.54) is 10.6 Å². The van der Waals surface area contributed by atoms with Crippen molar-refractivity contribution in [2.45, 2.75) is 40.2 Å². The van der Waals surface area contributed by atoms with Gasteiger partial charge in [-0.2, -0.15) is 0 Å². The van der Waals surface area contributed by atoms with Gasteiger partial charge in [0.15, 0.2) is 5.96 Å². The van der Waals surface area contributed by atoms with Crippen LogP contribution in [0.3, 0.4) is 0 Å². The van der Waals surface area contributed by atoms with Gasteiger partial charge in [-0.05, 0) is 11.8 Å². The average Bonchev–Trinajstić information content (AvgIpc) is 2.42. The highest BCUT2D eigenvalue weighted by Crippen LogP contribution is 2.20. The Kier molecular flexibility index (Phi) is 13.3. The fraction of sp³-hybridized carbons (Fsp3) is 0.933. The Balaban J connectivity index is 0. The van der Waals surface area contributed by atoms with E-state index in [2.05, 4.69) is 36.4 Å². The molecule has 0 spiro atoms. The lowest BCUT2D eigenvalue weighted by atomic mass is 9.89. The van der Waals surface area contributed by atoms with Crippen molar-refractivity contribution < 1.29 is 13.2 Å². The van der Waals surface area contributed by atoms with Crippen molar-refractivity contribution in [3.63, 3.8) is 0 Å². The van der Waals surface area contributed by atoms with Gasteiger partial charge in [0.05, 0.1) is 12.4 Å². The molecule has 146 valence electrons. The summed E-state index contributed by atoms with van der Waals surface area (Å²) in [6.45, 7) is 10.5. The number of hydrogen-bond acceptors (Lipinski definition) is 4. The maximum atomic E-state index is 11.5. The monoisotopic (exact) mass is 478 g/mol. The molecule has 24 heavy (non-hydrogen) atoms. The molecule has 0 aromatic rings. The summed E-state index contributed by atoms with van der Waals surface area (Å²) in [6, 6.07) is 0. The second-order valence-electron chi connectivity index (χ2n) is 6.58. The summed E-state index contributed by atoms with van der Waals surface area (Å²) in [4.78, 5) is 4.17. The molecule has 7 nitrogen and oxygen atoms in total. The quantitative estimate of drug-likeness (QED) is 0.227. The lowest BCUT2D eigenvalue weighted by molar-refractivity contribution is 0.0205. The number of nitrogens with one attached hydrogen (secondary N) is 2. The molecule has 0 saturated carbocycles. The molecule has 0 heterocycles. The van der Waals surface area contributed by atoms with Crippen LogP contribution in [0.25, 0.3) is 0 Å². The van der Waals surface area contributed by atoms with Crippen molar-refractivity contribution in [3.8, 4) is 0 Å². The fourth-order valence-corrected chi connectivity index (χ4v) is 3.10. The highest BCUT2D eigenvalue weighted by molar-refractivity contribution is 14.0. The van der Waals surface area contributed by atoms with Crippen LogP contribution in [0.5, 0.6) is 0 Å². The summed E-state index contributed by atoms with van der Waals surface area (Å²) < 4.78 is 30.0. The first kappa shape index (κ1) is 26.1. The first-order valence-electron chi connectivity index (χ1n) is 7.98. The molecule has 0 rings (SSSR count). The predicted octanol–water partition coefficient (Wildman–Crippen LogP) is 1.50. The Labute approximate surface area is 165 Å². The number of ether oxygens (including phenoxy) is 1. The standard InChI is InChI=1S/C15H34N4O3S.HI/c1-8-19(23(7,20)21)11-9-10-17-14(16-5)18-12-13(22-6)15(2,3)4;/h13H,8-12H2,1-7H3,(H2,16,17,18);1H. The van der Waals surface area contributed by atoms with E-state index >= 15 is 0 Å². The Morgan fingerprint density at radius 1 is 1.29 bits per heavy atom. The molecule has 0 aromatic carbocycles. The van der Waals surface area contributed by atoms with Crippen LogP contribution in [-0.2, 0) is 14.8 Å². The molecule has 9 heteroatoms. The fourth-order valence-electron chi connectivity index (χ4n) is 2.17. The van der Waals surface area contributed by atoms with Crippen LogP contribution >= 0.6 is 24.0 Å². The lowest BCUT2D eigenvalue weighted by Crippen LogP contribution is -2.45. The van der Waals surface area contributed by atoms with Crippen molar-refractivity contribution in [2.75, 3.05) is 46.6 Å². The highest BCUT2D eigenvalue weighted by Gasteiger charge is 2.24. The summed E-state index contributed by atoms with van der Waals surface area (Å²) in [6.07, 6.45) is 2.03. The first-order chi connectivity index (χ1) is 10.6. The largest absolute Gasteiger partial charge is 0.379 e. The summed E-state index contributed by atoms with van der Waals surface area (Å²) in [7, 11) is 0.299. The molecule has 1 unspecified atom stereocenters. The Morgan fingerprint density at radius 2 is 1.88 bits per heavy atom. The van der Waals surface area contributed by atoms with Crippen molar-refractivity contribution in [3.05, 3.63) is 0 Å². The van der Waals surface area contributed by atoms with Gasteiger partial charge in [0.2, 0.25) is 10.0 Å². The van der Waals surface area contributed by atoms with Gasteiger partial charge in [-0.3, -0.25) is 4.99 Å². The number of aliphatic imine (C=N–C) groups is 1. The minimum Gasteiger partial charge on any atom is -0.379 e. The van der Waals surface area contributed by atoms with Crippen LogP contribution in [0.15, 0.2) is 4.99 Å². The summed E-state index contributed by atoms with van der Waals surface area (Å²) in [5.74, 6) is 0.693. The van der Waals surface area contributed by atoms with E-state index < -0.39 is 10.0 Å². The molecule has 0 aliphatic heterocycles. The molecule has 0 aliphatic carbocycles. The molecule has 1 atom stereocenters. The van der Waals surface area contributed by atoms with Crippen molar-refractivity contribution in [1.82, 2.24) is 14.9 Å². The van der Waals surface area contributed by atoms with Gasteiger partial charge in [0.25, 0.3) is 0 Å². The van der Waals surface area contributed by atoms with E-state index in [-0.39, 0.29) is 35.5 Å². The van der Waals surface area contributed by atoms with Crippen LogP contribution in [0.4, 0.5) is 0 Å². The number of hydrogen-bond donors (Lipinski definition) is 2. The zero-order chi connectivity index (χ0) is 18.1. The van der Waals surface area contributed by atoms with Crippen molar-refractivity contribution >= 4 is 40.0 Å². The van der Waals surface area contributed by atoms with Crippen LogP contribution < -0.4 is 10.6 Å². The van der Waals surface area contributed by atoms with E-state index in [4.69, 9.17) is 4.74 Å². The van der Waals surface area contributed by atoms with Gasteiger partial charge in [-0.1, -0.05) is 27.7 Å². The van der Waals surface area contributed by atoms with E-state index in [1.807, 2.05) is 6.92 Å². The molecular weight excluding hydrogens is 443 g/mol. The van der Waals surface area contributed by atoms with Gasteiger partial charge in [-0.15, -0.1) is 24.0 Å². The second-order valence-corrected chi connectivity index (χ2v) is 8.56. The SMILES string of the molecule is CCN(CCCNC(=NC)NCC(OC)C(C)(C)C)S(C)(=O)=O.I. The van der Waals surface area contributed by atoms with Gasteiger partial charge in [-0.25, -0.2) is 12.7 Å². The van der Waals surface area contributed by atoms with Crippen LogP contribution in [0.2, 0.25) is 0 Å². The van der Waals surface area contributed by atoms with E-state index in [0.29, 0.717) is 38.6 Å². The zero-order valence-electron chi connectivity index (χ0n) is 16.0. The molecule has 0 aliphatic rings. The molecule has 0 amide bonds. The molecule has 0 bridgehead atoms. The third kappa shape index (κ3) is 10.7. The zero-order valence-corrected chi connectivity index (χ0v) is 19.2. The lowest BCUT2D eigenvalue weighted by Gasteiger charge is -2.30. The normalized spacial score (nSPS) is 14.2. The molecule has 0 fully saturated rings. The molecule has 0 radical (unpaired) electrons. The molecular formula is C15H35IN4O3S. The van der Waals surface area contributed by atoms with Crippen LogP contribution in [0, 0.1) is 5.41 Å². The number of guanidine groups is 1. The third-order valence-electron chi connectivity index (χ3n) is 3.63. The maximum Gasteiger partial charge on any atom is 0.211 e. The highest BCUT2D eigenvalue weighted by atomic mass is 127. The number of methoxy groups -OCH3 is 1. The van der Waals surface area contributed by atoms with E-state index in [1.54, 1.807) is 14.2 Å². The number of rotatable bonds is 9. The third-order valence-corrected chi connectivity index (χ3v) is 5.01. The topological polar surface area (TPSA) is 83.0 Å². The van der Waals surface area contributed by atoms with Crippen molar-refractivity contribution in [1.29, 1.82) is 0 Å². The summed E-state index contributed by atoms with van der Waals surface area (Å²) in [5.41, 5.74) is 0.0394. The maximum absolute atomic E-state index is 11.5. The first-order valence-corrected chi connectivity index (χ1v) is 9.83. The Morgan fingerprint density at radius 3 is 2.25 bits per heavy atom. The number of halogens is 1. The van der Waals surface area contributed by atoms with Crippen LogP contribution in [0.1, 0.15) is 34.1 Å². The van der Waals surface area contributed by atoms with Gasteiger partial charge >= 0.3 is 0 Å².